The van der Waals surface area contributed by atoms with E-state index < -0.39 is 5.91 Å². The summed E-state index contributed by atoms with van der Waals surface area (Å²) in [7, 11) is 0. The Hall–Kier alpha value is -2.88. The van der Waals surface area contributed by atoms with Crippen LogP contribution >= 0.6 is 0 Å². The second-order valence-corrected chi connectivity index (χ2v) is 6.95. The number of hydrogen-bond acceptors (Lipinski definition) is 8. The third-order valence-electron chi connectivity index (χ3n) is 5.17. The van der Waals surface area contributed by atoms with Crippen molar-refractivity contribution in [2.75, 3.05) is 26.2 Å². The Morgan fingerprint density at radius 1 is 1.15 bits per heavy atom. The molecule has 26 heavy (non-hydrogen) atoms. The molecule has 10 nitrogen and oxygen atoms in total. The molecule has 2 fully saturated rings. The minimum Gasteiger partial charge on any atom is -0.364 e. The summed E-state index contributed by atoms with van der Waals surface area (Å²) in [4.78, 5) is 36.3. The largest absolute Gasteiger partial charge is 0.364 e. The number of nitrogens with two attached hydrogens (primary N) is 1. The molecule has 2 saturated heterocycles. The fourth-order valence-corrected chi connectivity index (χ4v) is 3.91. The Kier molecular flexibility index (Phi) is 4.11. The van der Waals surface area contributed by atoms with E-state index >= 15 is 0 Å². The van der Waals surface area contributed by atoms with Crippen LogP contribution in [0.25, 0.3) is 0 Å². The maximum absolute atomic E-state index is 12.8. The van der Waals surface area contributed by atoms with Crippen LogP contribution in [-0.4, -0.2) is 68.1 Å². The van der Waals surface area contributed by atoms with E-state index in [-0.39, 0.29) is 22.7 Å². The topological polar surface area (TPSA) is 131 Å². The zero-order valence-electron chi connectivity index (χ0n) is 14.2. The SMILES string of the molecule is NC(=O)c1nccnc1C(=O)N1CCC2(CCN(Cc3cnon3)C2)C1. The van der Waals surface area contributed by atoms with Crippen LogP contribution in [0, 0.1) is 5.41 Å². The Bertz CT molecular complexity index is 825. The van der Waals surface area contributed by atoms with Gasteiger partial charge in [-0.2, -0.15) is 0 Å². The second-order valence-electron chi connectivity index (χ2n) is 6.95. The van der Waals surface area contributed by atoms with Gasteiger partial charge in [-0.05, 0) is 19.4 Å². The Balaban J connectivity index is 1.44. The summed E-state index contributed by atoms with van der Waals surface area (Å²) in [5.41, 5.74) is 6.12. The highest BCUT2D eigenvalue weighted by molar-refractivity contribution is 6.04. The van der Waals surface area contributed by atoms with Gasteiger partial charge in [-0.3, -0.25) is 14.5 Å². The first kappa shape index (κ1) is 16.6. The van der Waals surface area contributed by atoms with Gasteiger partial charge in [0.1, 0.15) is 5.69 Å². The van der Waals surface area contributed by atoms with Crippen molar-refractivity contribution in [1.82, 2.24) is 30.1 Å². The average Bonchev–Trinajstić information content (AvgIpc) is 3.38. The van der Waals surface area contributed by atoms with Crippen LogP contribution in [0.5, 0.6) is 0 Å². The monoisotopic (exact) mass is 357 g/mol. The normalized spacial score (nSPS) is 23.0. The van der Waals surface area contributed by atoms with Crippen molar-refractivity contribution in [2.45, 2.75) is 19.4 Å². The van der Waals surface area contributed by atoms with Crippen molar-refractivity contribution in [3.63, 3.8) is 0 Å². The number of hydrogen-bond donors (Lipinski definition) is 1. The molecular formula is C16H19N7O3. The number of nitrogens with zero attached hydrogens (tertiary/aromatic N) is 6. The smallest absolute Gasteiger partial charge is 0.274 e. The lowest BCUT2D eigenvalue weighted by molar-refractivity contribution is 0.0760. The van der Waals surface area contributed by atoms with Gasteiger partial charge in [0.15, 0.2) is 11.4 Å². The zero-order chi connectivity index (χ0) is 18.1. The minimum atomic E-state index is -0.747. The van der Waals surface area contributed by atoms with E-state index in [0.29, 0.717) is 19.6 Å². The molecule has 2 amide bonds. The summed E-state index contributed by atoms with van der Waals surface area (Å²) >= 11 is 0. The van der Waals surface area contributed by atoms with E-state index in [1.165, 1.54) is 12.4 Å². The first-order chi connectivity index (χ1) is 12.6. The Morgan fingerprint density at radius 2 is 1.92 bits per heavy atom. The van der Waals surface area contributed by atoms with Gasteiger partial charge >= 0.3 is 0 Å². The lowest BCUT2D eigenvalue weighted by Crippen LogP contribution is -2.35. The summed E-state index contributed by atoms with van der Waals surface area (Å²) < 4.78 is 4.64. The first-order valence-electron chi connectivity index (χ1n) is 8.45. The van der Waals surface area contributed by atoms with E-state index in [1.54, 1.807) is 11.1 Å². The van der Waals surface area contributed by atoms with Crippen LogP contribution < -0.4 is 5.73 Å². The van der Waals surface area contributed by atoms with Crippen LogP contribution in [-0.2, 0) is 6.54 Å². The molecule has 2 aliphatic rings. The maximum Gasteiger partial charge on any atom is 0.274 e. The molecule has 0 aromatic carbocycles. The zero-order valence-corrected chi connectivity index (χ0v) is 14.2. The van der Waals surface area contributed by atoms with Crippen molar-refractivity contribution >= 4 is 11.8 Å². The summed E-state index contributed by atoms with van der Waals surface area (Å²) in [5.74, 6) is -1.04. The van der Waals surface area contributed by atoms with Crippen LogP contribution in [0.1, 0.15) is 39.5 Å². The number of primary amides is 1. The van der Waals surface area contributed by atoms with Crippen molar-refractivity contribution < 1.29 is 14.2 Å². The molecule has 0 radical (unpaired) electrons. The number of carbonyl (C=O) groups excluding carboxylic acids is 2. The van der Waals surface area contributed by atoms with Gasteiger partial charge in [-0.25, -0.2) is 14.6 Å². The molecule has 1 spiro atoms. The molecule has 2 N–H and O–H groups in total. The standard InChI is InChI=1S/C16H19N7O3/c17-14(24)12-13(19-4-3-18-12)15(25)23-6-2-16(10-23)1-5-22(9-16)8-11-7-20-26-21-11/h3-4,7H,1-2,5-6,8-10H2,(H2,17,24). The van der Waals surface area contributed by atoms with Crippen molar-refractivity contribution in [3.05, 3.63) is 35.7 Å². The van der Waals surface area contributed by atoms with E-state index in [9.17, 15) is 9.59 Å². The number of amides is 2. The van der Waals surface area contributed by atoms with Crippen molar-refractivity contribution in [2.24, 2.45) is 11.1 Å². The molecule has 10 heteroatoms. The molecule has 4 rings (SSSR count). The molecule has 0 bridgehead atoms. The van der Waals surface area contributed by atoms with E-state index in [0.717, 1.165) is 31.6 Å². The summed E-state index contributed by atoms with van der Waals surface area (Å²) in [6.07, 6.45) is 6.29. The number of likely N-dealkylation sites (tertiary alicyclic amines) is 2. The van der Waals surface area contributed by atoms with Crippen LogP contribution in [0.4, 0.5) is 0 Å². The van der Waals surface area contributed by atoms with Gasteiger partial charge < -0.3 is 10.6 Å². The number of rotatable bonds is 4. The minimum absolute atomic E-state index is 0.0283. The molecule has 2 aliphatic heterocycles. The third kappa shape index (κ3) is 3.03. The van der Waals surface area contributed by atoms with E-state index in [2.05, 4.69) is 29.8 Å². The molecule has 0 aliphatic carbocycles. The van der Waals surface area contributed by atoms with Gasteiger partial charge in [0.05, 0.1) is 6.20 Å². The third-order valence-corrected chi connectivity index (χ3v) is 5.17. The average molecular weight is 357 g/mol. The lowest BCUT2D eigenvalue weighted by Gasteiger charge is -2.24. The van der Waals surface area contributed by atoms with Crippen molar-refractivity contribution in [1.29, 1.82) is 0 Å². The van der Waals surface area contributed by atoms with Crippen molar-refractivity contribution in [3.8, 4) is 0 Å². The van der Waals surface area contributed by atoms with E-state index in [1.807, 2.05) is 0 Å². The van der Waals surface area contributed by atoms with Gasteiger partial charge in [0.2, 0.25) is 0 Å². The molecule has 2 aromatic rings. The van der Waals surface area contributed by atoms with Gasteiger partial charge in [-0.15, -0.1) is 0 Å². The van der Waals surface area contributed by atoms with Gasteiger partial charge in [-0.1, -0.05) is 10.3 Å². The van der Waals surface area contributed by atoms with Crippen LogP contribution in [0.15, 0.2) is 23.2 Å². The predicted molar refractivity (Wildman–Crippen MR) is 87.7 cm³/mol. The highest BCUT2D eigenvalue weighted by Gasteiger charge is 2.45. The molecule has 2 aromatic heterocycles. The fraction of sp³-hybridized carbons (Fsp3) is 0.500. The molecule has 136 valence electrons. The van der Waals surface area contributed by atoms with Gasteiger partial charge in [0, 0.05) is 44.0 Å². The highest BCUT2D eigenvalue weighted by atomic mass is 16.6. The molecule has 1 atom stereocenters. The Morgan fingerprint density at radius 3 is 2.65 bits per heavy atom. The second kappa shape index (κ2) is 6.45. The summed E-state index contributed by atoms with van der Waals surface area (Å²) in [6, 6.07) is 0. The molecule has 1 unspecified atom stereocenters. The Labute approximate surface area is 149 Å². The predicted octanol–water partition coefficient (Wildman–Crippen LogP) is -0.303. The highest BCUT2D eigenvalue weighted by Crippen LogP contribution is 2.40. The maximum atomic E-state index is 12.8. The fourth-order valence-electron chi connectivity index (χ4n) is 3.91. The molecule has 0 saturated carbocycles. The molecular weight excluding hydrogens is 338 g/mol. The summed E-state index contributed by atoms with van der Waals surface area (Å²) in [6.45, 7) is 3.77. The quantitative estimate of drug-likeness (QED) is 0.789. The van der Waals surface area contributed by atoms with Gasteiger partial charge in [0.25, 0.3) is 11.8 Å². The lowest BCUT2D eigenvalue weighted by atomic mass is 9.86. The van der Waals surface area contributed by atoms with Crippen LogP contribution in [0.3, 0.4) is 0 Å². The first-order valence-corrected chi connectivity index (χ1v) is 8.45. The number of carbonyl (C=O) groups is 2. The summed E-state index contributed by atoms with van der Waals surface area (Å²) in [5, 5.41) is 7.48. The van der Waals surface area contributed by atoms with Crippen LogP contribution in [0.2, 0.25) is 0 Å². The number of aromatic nitrogens is 4. The molecule has 4 heterocycles. The van der Waals surface area contributed by atoms with E-state index in [4.69, 9.17) is 5.73 Å².